The maximum atomic E-state index is 11.8. The van der Waals surface area contributed by atoms with Crippen LogP contribution in [0.2, 0.25) is 5.02 Å². The molecular weight excluding hydrogens is 296 g/mol. The first kappa shape index (κ1) is 13.4. The van der Waals surface area contributed by atoms with E-state index in [1.54, 1.807) is 25.6 Å². The van der Waals surface area contributed by atoms with Gasteiger partial charge in [-0.1, -0.05) is 23.4 Å². The van der Waals surface area contributed by atoms with E-state index < -0.39 is 0 Å². The number of carbonyl (C=O) groups excluding carboxylic acids is 1. The molecule has 20 heavy (non-hydrogen) atoms. The van der Waals surface area contributed by atoms with Crippen molar-refractivity contribution in [1.29, 1.82) is 0 Å². The third kappa shape index (κ3) is 2.37. The number of halogens is 1. The minimum atomic E-state index is -0.349. The van der Waals surface area contributed by atoms with Crippen molar-refractivity contribution in [1.82, 2.24) is 15.3 Å². The molecule has 0 aliphatic carbocycles. The summed E-state index contributed by atoms with van der Waals surface area (Å²) in [5.41, 5.74) is 1.65. The molecule has 0 spiro atoms. The largest absolute Gasteiger partial charge is 0.324 e. The summed E-state index contributed by atoms with van der Waals surface area (Å²) in [5, 5.41) is 7.16. The molecule has 0 radical (unpaired) electrons. The highest BCUT2D eigenvalue weighted by molar-refractivity contribution is 7.99. The van der Waals surface area contributed by atoms with Gasteiger partial charge in [-0.2, -0.15) is 0 Å². The molecule has 1 atom stereocenters. The number of benzene rings is 1. The Labute approximate surface area is 125 Å². The van der Waals surface area contributed by atoms with Gasteiger partial charge in [0, 0.05) is 28.5 Å². The zero-order valence-electron chi connectivity index (χ0n) is 10.6. The lowest BCUT2D eigenvalue weighted by molar-refractivity contribution is -0.117. The van der Waals surface area contributed by atoms with Crippen LogP contribution in [0.25, 0.3) is 0 Å². The molecule has 0 bridgehead atoms. The molecule has 0 saturated carbocycles. The Balaban J connectivity index is 1.96. The predicted octanol–water partition coefficient (Wildman–Crippen LogP) is 2.49. The highest BCUT2D eigenvalue weighted by Crippen LogP contribution is 2.40. The predicted molar refractivity (Wildman–Crippen MR) is 78.0 cm³/mol. The summed E-state index contributed by atoms with van der Waals surface area (Å²) in [6, 6.07) is 3.33. The lowest BCUT2D eigenvalue weighted by atomic mass is 10.1. The summed E-state index contributed by atoms with van der Waals surface area (Å²) < 4.78 is 0. The van der Waals surface area contributed by atoms with Gasteiger partial charge in [0.05, 0.1) is 11.2 Å². The van der Waals surface area contributed by atoms with Crippen molar-refractivity contribution in [3.8, 4) is 0 Å². The third-order valence-electron chi connectivity index (χ3n) is 2.98. The van der Waals surface area contributed by atoms with E-state index in [1.165, 1.54) is 11.8 Å². The number of likely N-dealkylation sites (N-methyl/N-ethyl adjacent to an activating group) is 1. The van der Waals surface area contributed by atoms with Gasteiger partial charge >= 0.3 is 0 Å². The molecule has 1 aromatic carbocycles. The van der Waals surface area contributed by atoms with E-state index in [1.807, 2.05) is 12.1 Å². The fourth-order valence-corrected chi connectivity index (χ4v) is 3.15. The molecule has 102 valence electrons. The number of anilines is 1. The monoisotopic (exact) mass is 306 g/mol. The van der Waals surface area contributed by atoms with E-state index >= 15 is 0 Å². The topological polar surface area (TPSA) is 66.9 Å². The summed E-state index contributed by atoms with van der Waals surface area (Å²) >= 11 is 7.70. The molecular formula is C13H11ClN4OS. The molecule has 1 amide bonds. The van der Waals surface area contributed by atoms with Gasteiger partial charge in [0.15, 0.2) is 0 Å². The third-order valence-corrected chi connectivity index (χ3v) is 4.38. The van der Waals surface area contributed by atoms with Crippen molar-refractivity contribution >= 4 is 35.0 Å². The summed E-state index contributed by atoms with van der Waals surface area (Å²) in [4.78, 5) is 20.8. The van der Waals surface area contributed by atoms with E-state index in [2.05, 4.69) is 20.6 Å². The first-order valence-electron chi connectivity index (χ1n) is 5.94. The van der Waals surface area contributed by atoms with Gasteiger partial charge in [-0.25, -0.2) is 4.98 Å². The van der Waals surface area contributed by atoms with Crippen LogP contribution in [0, 0.1) is 0 Å². The lowest BCUT2D eigenvalue weighted by Crippen LogP contribution is -2.23. The Kier molecular flexibility index (Phi) is 3.60. The molecule has 0 saturated heterocycles. The second-order valence-corrected chi connectivity index (χ2v) is 5.70. The van der Waals surface area contributed by atoms with Gasteiger partial charge in [-0.3, -0.25) is 9.78 Å². The van der Waals surface area contributed by atoms with Crippen LogP contribution in [-0.2, 0) is 4.79 Å². The molecule has 0 fully saturated rings. The number of hydrogen-bond donors (Lipinski definition) is 2. The quantitative estimate of drug-likeness (QED) is 0.912. The number of rotatable bonds is 3. The zero-order chi connectivity index (χ0) is 14.1. The van der Waals surface area contributed by atoms with Crippen LogP contribution in [-0.4, -0.2) is 22.9 Å². The van der Waals surface area contributed by atoms with Gasteiger partial charge in [0.2, 0.25) is 5.91 Å². The number of nitrogens with one attached hydrogen (secondary N) is 2. The van der Waals surface area contributed by atoms with Crippen LogP contribution in [0.4, 0.5) is 5.69 Å². The highest BCUT2D eigenvalue weighted by Gasteiger charge is 2.30. The van der Waals surface area contributed by atoms with E-state index in [9.17, 15) is 4.79 Å². The smallest absolute Gasteiger partial charge is 0.246 e. The van der Waals surface area contributed by atoms with Crippen molar-refractivity contribution < 1.29 is 4.79 Å². The zero-order valence-corrected chi connectivity index (χ0v) is 12.1. The molecule has 3 rings (SSSR count). The number of nitrogens with zero attached hydrogens (tertiary/aromatic N) is 2. The Bertz CT molecular complexity index is 665. The molecule has 1 aliphatic heterocycles. The Morgan fingerprint density at radius 2 is 2.25 bits per heavy atom. The molecule has 2 heterocycles. The number of hydrogen-bond acceptors (Lipinski definition) is 5. The van der Waals surface area contributed by atoms with Gasteiger partial charge in [-0.05, 0) is 19.2 Å². The van der Waals surface area contributed by atoms with Crippen LogP contribution in [0.5, 0.6) is 0 Å². The normalized spacial score (nSPS) is 16.9. The van der Waals surface area contributed by atoms with Crippen LogP contribution < -0.4 is 10.6 Å². The summed E-state index contributed by atoms with van der Waals surface area (Å²) in [6.45, 7) is 0. The van der Waals surface area contributed by atoms with Crippen molar-refractivity contribution in [2.45, 2.75) is 16.0 Å². The molecule has 1 aliphatic rings. The number of aromatic nitrogens is 2. The van der Waals surface area contributed by atoms with E-state index in [-0.39, 0.29) is 11.9 Å². The van der Waals surface area contributed by atoms with Gasteiger partial charge in [0.25, 0.3) is 0 Å². The summed E-state index contributed by atoms with van der Waals surface area (Å²) in [6.07, 6.45) is 4.91. The lowest BCUT2D eigenvalue weighted by Gasteiger charge is -2.09. The fraction of sp³-hybridized carbons (Fsp3) is 0.154. The molecule has 1 aromatic heterocycles. The first-order chi connectivity index (χ1) is 9.69. The Morgan fingerprint density at radius 1 is 1.40 bits per heavy atom. The number of carbonyl (C=O) groups is 1. The standard InChI is InChI=1S/C13H11ClN4OS/c1-15-12-7-4-8(14)10(5-9(7)18-13(12)19)20-11-6-16-2-3-17-11/h2-6,12,15H,1H3,(H,18,19). The average Bonchev–Trinajstić information content (AvgIpc) is 2.75. The molecule has 1 unspecified atom stereocenters. The van der Waals surface area contributed by atoms with Crippen LogP contribution in [0.15, 0.2) is 40.6 Å². The van der Waals surface area contributed by atoms with Crippen LogP contribution in [0.3, 0.4) is 0 Å². The van der Waals surface area contributed by atoms with E-state index in [4.69, 9.17) is 11.6 Å². The molecule has 7 heteroatoms. The number of fused-ring (bicyclic) bond motifs is 1. The van der Waals surface area contributed by atoms with Gasteiger partial charge < -0.3 is 10.6 Å². The Morgan fingerprint density at radius 3 is 2.95 bits per heavy atom. The SMILES string of the molecule is CNC1C(=O)Nc2cc(Sc3cnccn3)c(Cl)cc21. The van der Waals surface area contributed by atoms with Crippen LogP contribution >= 0.6 is 23.4 Å². The summed E-state index contributed by atoms with van der Waals surface area (Å²) in [5.74, 6) is -0.0692. The highest BCUT2D eigenvalue weighted by atomic mass is 35.5. The second kappa shape index (κ2) is 5.40. The molecule has 2 N–H and O–H groups in total. The minimum Gasteiger partial charge on any atom is -0.324 e. The second-order valence-electron chi connectivity index (χ2n) is 4.23. The van der Waals surface area contributed by atoms with Crippen molar-refractivity contribution in [2.24, 2.45) is 0 Å². The number of amides is 1. The van der Waals surface area contributed by atoms with Gasteiger partial charge in [-0.15, -0.1) is 0 Å². The van der Waals surface area contributed by atoms with Crippen molar-refractivity contribution in [3.63, 3.8) is 0 Å². The maximum absolute atomic E-state index is 11.8. The van der Waals surface area contributed by atoms with Crippen molar-refractivity contribution in [2.75, 3.05) is 12.4 Å². The molecule has 2 aromatic rings. The van der Waals surface area contributed by atoms with Gasteiger partial charge in [0.1, 0.15) is 11.1 Å². The van der Waals surface area contributed by atoms with Crippen LogP contribution in [0.1, 0.15) is 11.6 Å². The fourth-order valence-electron chi connectivity index (χ4n) is 2.08. The average molecular weight is 307 g/mol. The van der Waals surface area contributed by atoms with Crippen molar-refractivity contribution in [3.05, 3.63) is 41.3 Å². The van der Waals surface area contributed by atoms with E-state index in [0.717, 1.165) is 21.2 Å². The first-order valence-corrected chi connectivity index (χ1v) is 7.14. The summed E-state index contributed by atoms with van der Waals surface area (Å²) in [7, 11) is 1.75. The van der Waals surface area contributed by atoms with E-state index in [0.29, 0.717) is 5.02 Å². The molecule has 5 nitrogen and oxygen atoms in total. The maximum Gasteiger partial charge on any atom is 0.246 e. The Hall–Kier alpha value is -1.63. The minimum absolute atomic E-state index is 0.0692.